The summed E-state index contributed by atoms with van der Waals surface area (Å²) in [7, 11) is 0. The summed E-state index contributed by atoms with van der Waals surface area (Å²) >= 11 is 1.38. The Labute approximate surface area is 151 Å². The van der Waals surface area contributed by atoms with Crippen LogP contribution in [-0.2, 0) is 0 Å². The molecular weight excluding hydrogens is 336 g/mol. The molecule has 1 saturated heterocycles. The molecule has 0 unspecified atom stereocenters. The highest BCUT2D eigenvalue weighted by Crippen LogP contribution is 2.34. The molecule has 7 heteroatoms. The minimum atomic E-state index is -0.498. The number of anilines is 1. The first kappa shape index (κ1) is 17.8. The van der Waals surface area contributed by atoms with E-state index in [1.54, 1.807) is 17.3 Å². The molecule has 2 aromatic rings. The molecule has 3 heterocycles. The average Bonchev–Trinajstić information content (AvgIpc) is 3.03. The Kier molecular flexibility index (Phi) is 5.06. The number of thiazole rings is 1. The number of carbonyl (C=O) groups is 1. The molecule has 0 bridgehead atoms. The van der Waals surface area contributed by atoms with Crippen molar-refractivity contribution in [1.29, 1.82) is 0 Å². The van der Waals surface area contributed by atoms with Gasteiger partial charge >= 0.3 is 6.03 Å². The molecule has 2 N–H and O–H groups in total. The van der Waals surface area contributed by atoms with Gasteiger partial charge in [-0.2, -0.15) is 0 Å². The van der Waals surface area contributed by atoms with Crippen LogP contribution in [0.4, 0.5) is 9.93 Å². The second-order valence-electron chi connectivity index (χ2n) is 7.48. The van der Waals surface area contributed by atoms with E-state index in [1.165, 1.54) is 11.3 Å². The largest absolute Gasteiger partial charge is 0.391 e. The number of nitrogens with zero attached hydrogens (tertiary/aromatic N) is 3. The molecule has 2 amide bonds. The monoisotopic (exact) mass is 360 g/mol. The van der Waals surface area contributed by atoms with Gasteiger partial charge in [-0.1, -0.05) is 20.8 Å². The second kappa shape index (κ2) is 7.09. The smallest absolute Gasteiger partial charge is 0.323 e. The molecule has 1 aliphatic heterocycles. The second-order valence-corrected chi connectivity index (χ2v) is 8.34. The number of urea groups is 1. The molecule has 6 nitrogen and oxygen atoms in total. The molecular formula is C18H24N4O2S. The Morgan fingerprint density at radius 2 is 2.24 bits per heavy atom. The number of aliphatic hydroxyl groups is 1. The summed E-state index contributed by atoms with van der Waals surface area (Å²) in [5.74, 6) is 0.202. The predicted octanol–water partition coefficient (Wildman–Crippen LogP) is 3.47. The standard InChI is InChI=1S/C18H24N4O2S/c1-18(2,3)13-6-8-22(10-15(13)23)17(24)21-16-20-14(11-25-16)12-5-4-7-19-9-12/h4-5,7,9,11,13,15,23H,6,8,10H2,1-3H3,(H,20,21,24)/t13-,15+/m1/s1. The molecule has 1 fully saturated rings. The summed E-state index contributed by atoms with van der Waals surface area (Å²) < 4.78 is 0. The number of pyridine rings is 1. The molecule has 134 valence electrons. The third-order valence-corrected chi connectivity index (χ3v) is 5.41. The molecule has 0 aromatic carbocycles. The molecule has 2 aromatic heterocycles. The number of hydrogen-bond acceptors (Lipinski definition) is 5. The van der Waals surface area contributed by atoms with Gasteiger partial charge in [0.1, 0.15) is 0 Å². The van der Waals surface area contributed by atoms with E-state index in [1.807, 2.05) is 17.5 Å². The highest BCUT2D eigenvalue weighted by atomic mass is 32.1. The first-order valence-electron chi connectivity index (χ1n) is 8.44. The van der Waals surface area contributed by atoms with Crippen molar-refractivity contribution >= 4 is 22.5 Å². The van der Waals surface area contributed by atoms with Crippen LogP contribution in [0.3, 0.4) is 0 Å². The zero-order valence-electron chi connectivity index (χ0n) is 14.8. The molecule has 3 rings (SSSR count). The number of nitrogens with one attached hydrogen (secondary N) is 1. The average molecular weight is 360 g/mol. The van der Waals surface area contributed by atoms with Gasteiger partial charge < -0.3 is 10.0 Å². The van der Waals surface area contributed by atoms with Crippen LogP contribution in [0.15, 0.2) is 29.9 Å². The quantitative estimate of drug-likeness (QED) is 0.860. The molecule has 25 heavy (non-hydrogen) atoms. The lowest BCUT2D eigenvalue weighted by Gasteiger charge is -2.42. The number of carbonyl (C=O) groups excluding carboxylic acids is 1. The van der Waals surface area contributed by atoms with E-state index in [0.717, 1.165) is 17.7 Å². The lowest BCUT2D eigenvalue weighted by Crippen LogP contribution is -2.51. The van der Waals surface area contributed by atoms with E-state index in [-0.39, 0.29) is 17.4 Å². The van der Waals surface area contributed by atoms with Crippen LogP contribution in [0.5, 0.6) is 0 Å². The fourth-order valence-corrected chi connectivity index (χ4v) is 3.98. The Balaban J connectivity index is 1.61. The number of piperidine rings is 1. The SMILES string of the molecule is CC(C)(C)[C@@H]1CCN(C(=O)Nc2nc(-c3cccnc3)cs2)C[C@@H]1O. The van der Waals surface area contributed by atoms with Crippen LogP contribution in [0.2, 0.25) is 0 Å². The van der Waals surface area contributed by atoms with Crippen LogP contribution in [0, 0.1) is 11.3 Å². The van der Waals surface area contributed by atoms with Gasteiger partial charge in [0.05, 0.1) is 11.8 Å². The van der Waals surface area contributed by atoms with Crippen molar-refractivity contribution < 1.29 is 9.90 Å². The van der Waals surface area contributed by atoms with Crippen LogP contribution in [0.25, 0.3) is 11.3 Å². The lowest BCUT2D eigenvalue weighted by molar-refractivity contribution is -0.0108. The van der Waals surface area contributed by atoms with Gasteiger partial charge in [0.15, 0.2) is 5.13 Å². The zero-order valence-corrected chi connectivity index (χ0v) is 15.6. The molecule has 0 aliphatic carbocycles. The predicted molar refractivity (Wildman–Crippen MR) is 99.5 cm³/mol. The van der Waals surface area contributed by atoms with Gasteiger partial charge in [-0.05, 0) is 29.9 Å². The van der Waals surface area contributed by atoms with Gasteiger partial charge in [-0.3, -0.25) is 10.3 Å². The molecule has 0 radical (unpaired) electrons. The van der Waals surface area contributed by atoms with Crippen molar-refractivity contribution in [2.24, 2.45) is 11.3 Å². The number of hydrogen-bond donors (Lipinski definition) is 2. The number of rotatable bonds is 2. The number of likely N-dealkylation sites (tertiary alicyclic amines) is 1. The Bertz CT molecular complexity index is 726. The van der Waals surface area contributed by atoms with Crippen LogP contribution < -0.4 is 5.32 Å². The highest BCUT2D eigenvalue weighted by molar-refractivity contribution is 7.14. The summed E-state index contributed by atoms with van der Waals surface area (Å²) in [6, 6.07) is 3.58. The first-order valence-corrected chi connectivity index (χ1v) is 9.32. The Morgan fingerprint density at radius 1 is 1.44 bits per heavy atom. The maximum Gasteiger partial charge on any atom is 0.323 e. The van der Waals surface area contributed by atoms with Crippen molar-refractivity contribution in [2.75, 3.05) is 18.4 Å². The van der Waals surface area contributed by atoms with Crippen molar-refractivity contribution in [1.82, 2.24) is 14.9 Å². The van der Waals surface area contributed by atoms with E-state index in [9.17, 15) is 9.90 Å². The summed E-state index contributed by atoms with van der Waals surface area (Å²) in [4.78, 5) is 22.7. The van der Waals surface area contributed by atoms with E-state index in [4.69, 9.17) is 0 Å². The van der Waals surface area contributed by atoms with Crippen molar-refractivity contribution in [2.45, 2.75) is 33.3 Å². The normalized spacial score (nSPS) is 21.2. The van der Waals surface area contributed by atoms with E-state index in [0.29, 0.717) is 18.2 Å². The van der Waals surface area contributed by atoms with Crippen LogP contribution in [-0.4, -0.2) is 45.2 Å². The fourth-order valence-electron chi connectivity index (χ4n) is 3.27. The summed E-state index contributed by atoms with van der Waals surface area (Å²) in [5, 5.41) is 15.7. The van der Waals surface area contributed by atoms with Crippen LogP contribution in [0.1, 0.15) is 27.2 Å². The lowest BCUT2D eigenvalue weighted by atomic mass is 9.74. The minimum Gasteiger partial charge on any atom is -0.391 e. The van der Waals surface area contributed by atoms with Crippen molar-refractivity contribution in [3.63, 3.8) is 0 Å². The number of aromatic nitrogens is 2. The third-order valence-electron chi connectivity index (χ3n) is 4.66. The summed E-state index contributed by atoms with van der Waals surface area (Å²) in [6.07, 6.45) is 3.76. The van der Waals surface area contributed by atoms with Crippen molar-refractivity contribution in [3.05, 3.63) is 29.9 Å². The molecule has 1 aliphatic rings. The Hall–Kier alpha value is -1.99. The van der Waals surface area contributed by atoms with Gasteiger partial charge in [-0.15, -0.1) is 11.3 Å². The molecule has 2 atom stereocenters. The maximum atomic E-state index is 12.5. The van der Waals surface area contributed by atoms with E-state index in [2.05, 4.69) is 36.1 Å². The van der Waals surface area contributed by atoms with Gasteiger partial charge in [0, 0.05) is 36.4 Å². The number of β-amino-alcohol motifs (C(OH)–C–C–N with tert-alkyl or cyclic N) is 1. The van der Waals surface area contributed by atoms with Crippen molar-refractivity contribution in [3.8, 4) is 11.3 Å². The molecule has 0 spiro atoms. The Morgan fingerprint density at radius 3 is 2.88 bits per heavy atom. The van der Waals surface area contributed by atoms with Gasteiger partial charge in [0.2, 0.25) is 0 Å². The number of amides is 2. The van der Waals surface area contributed by atoms with Crippen LogP contribution >= 0.6 is 11.3 Å². The molecule has 0 saturated carbocycles. The summed E-state index contributed by atoms with van der Waals surface area (Å²) in [6.45, 7) is 7.39. The third kappa shape index (κ3) is 4.16. The minimum absolute atomic E-state index is 0.0376. The maximum absolute atomic E-state index is 12.5. The first-order chi connectivity index (χ1) is 11.8. The van der Waals surface area contributed by atoms with Gasteiger partial charge in [0.25, 0.3) is 0 Å². The fraction of sp³-hybridized carbons (Fsp3) is 0.500. The number of aliphatic hydroxyl groups excluding tert-OH is 1. The van der Waals surface area contributed by atoms with Gasteiger partial charge in [-0.25, -0.2) is 9.78 Å². The van der Waals surface area contributed by atoms with E-state index >= 15 is 0 Å². The zero-order chi connectivity index (χ0) is 18.0. The summed E-state index contributed by atoms with van der Waals surface area (Å²) in [5.41, 5.74) is 1.75. The highest BCUT2D eigenvalue weighted by Gasteiger charge is 2.37. The van der Waals surface area contributed by atoms with E-state index < -0.39 is 6.10 Å². The topological polar surface area (TPSA) is 78.4 Å².